The molecular weight excluding hydrogens is 361 g/mol. The molecule has 28 heavy (non-hydrogen) atoms. The number of carbonyl (C=O) groups is 3. The molecule has 0 aromatic heterocycles. The van der Waals surface area contributed by atoms with Crippen LogP contribution in [-0.2, 0) is 15.1 Å². The number of urea groups is 1. The zero-order valence-corrected chi connectivity index (χ0v) is 15.6. The van der Waals surface area contributed by atoms with Crippen molar-refractivity contribution in [1.29, 1.82) is 0 Å². The molecule has 0 bridgehead atoms. The highest BCUT2D eigenvalue weighted by Crippen LogP contribution is 2.34. The first-order valence-corrected chi connectivity index (χ1v) is 9.21. The summed E-state index contributed by atoms with van der Waals surface area (Å²) in [6, 6.07) is 13.8. The Morgan fingerprint density at radius 2 is 1.89 bits per heavy atom. The summed E-state index contributed by atoms with van der Waals surface area (Å²) in [5, 5.41) is 5.30. The maximum atomic E-state index is 13.3. The Hall–Kier alpha value is -3.22. The first-order chi connectivity index (χ1) is 13.5. The average Bonchev–Trinajstić information content (AvgIpc) is 2.92. The number of rotatable bonds is 7. The fourth-order valence-electron chi connectivity index (χ4n) is 3.35. The molecule has 2 aromatic rings. The number of nitrogens with one attached hydrogen (secondary N) is 2. The highest BCUT2D eigenvalue weighted by molar-refractivity contribution is 6.10. The number of nitrogens with zero attached hydrogens (tertiary/aromatic N) is 1. The second kappa shape index (κ2) is 8.21. The van der Waals surface area contributed by atoms with Crippen molar-refractivity contribution in [2.45, 2.75) is 31.7 Å². The van der Waals surface area contributed by atoms with E-state index in [0.717, 1.165) is 17.7 Å². The van der Waals surface area contributed by atoms with E-state index in [1.807, 2.05) is 25.1 Å². The Kier molecular flexibility index (Phi) is 5.73. The lowest BCUT2D eigenvalue weighted by molar-refractivity contribution is -0.134. The molecule has 0 saturated carbocycles. The summed E-state index contributed by atoms with van der Waals surface area (Å²) in [4.78, 5) is 39.0. The van der Waals surface area contributed by atoms with Crippen molar-refractivity contribution >= 4 is 23.5 Å². The third-order valence-corrected chi connectivity index (χ3v) is 4.76. The monoisotopic (exact) mass is 383 g/mol. The maximum Gasteiger partial charge on any atom is 0.325 e. The Morgan fingerprint density at radius 1 is 1.14 bits per heavy atom. The molecule has 1 atom stereocenters. The molecule has 1 saturated heterocycles. The van der Waals surface area contributed by atoms with Gasteiger partial charge in [-0.05, 0) is 30.2 Å². The SMILES string of the molecule is CCCCC1(c2ccccc2)NC(=O)N(CC(=O)Nc2cccc(F)c2)C1=O. The molecule has 2 aromatic carbocycles. The van der Waals surface area contributed by atoms with Gasteiger partial charge in [-0.3, -0.25) is 14.5 Å². The number of unbranched alkanes of at least 4 members (excludes halogenated alkanes) is 1. The second-order valence-corrected chi connectivity index (χ2v) is 6.75. The van der Waals surface area contributed by atoms with Crippen LogP contribution in [0.5, 0.6) is 0 Å². The quantitative estimate of drug-likeness (QED) is 0.720. The summed E-state index contributed by atoms with van der Waals surface area (Å²) >= 11 is 0. The molecule has 0 spiro atoms. The Balaban J connectivity index is 1.80. The van der Waals surface area contributed by atoms with Crippen LogP contribution in [0, 0.1) is 5.82 Å². The Labute approximate surface area is 162 Å². The van der Waals surface area contributed by atoms with Gasteiger partial charge in [0.25, 0.3) is 5.91 Å². The Morgan fingerprint density at radius 3 is 2.57 bits per heavy atom. The standard InChI is InChI=1S/C21H22FN3O3/c1-2-3-12-21(15-8-5-4-6-9-15)19(27)25(20(28)24-21)14-18(26)23-17-11-7-10-16(22)13-17/h4-11,13H,2-3,12,14H2,1H3,(H,23,26)(H,24,28). The van der Waals surface area contributed by atoms with Gasteiger partial charge in [0.15, 0.2) is 0 Å². The second-order valence-electron chi connectivity index (χ2n) is 6.75. The summed E-state index contributed by atoms with van der Waals surface area (Å²) in [6.45, 7) is 1.56. The number of halogens is 1. The van der Waals surface area contributed by atoms with E-state index in [0.29, 0.717) is 12.0 Å². The van der Waals surface area contributed by atoms with E-state index >= 15 is 0 Å². The minimum atomic E-state index is -1.17. The number of benzene rings is 2. The lowest BCUT2D eigenvalue weighted by Gasteiger charge is -2.27. The van der Waals surface area contributed by atoms with Crippen LogP contribution in [-0.4, -0.2) is 29.3 Å². The van der Waals surface area contributed by atoms with E-state index < -0.39 is 35.7 Å². The fraction of sp³-hybridized carbons (Fsp3) is 0.286. The van der Waals surface area contributed by atoms with Crippen LogP contribution in [0.4, 0.5) is 14.9 Å². The van der Waals surface area contributed by atoms with Gasteiger partial charge in [0, 0.05) is 5.69 Å². The summed E-state index contributed by atoms with van der Waals surface area (Å²) in [5.41, 5.74) is -0.222. The predicted octanol–water partition coefficient (Wildman–Crippen LogP) is 3.40. The van der Waals surface area contributed by atoms with Gasteiger partial charge in [0.2, 0.25) is 5.91 Å². The van der Waals surface area contributed by atoms with Gasteiger partial charge in [0.05, 0.1) is 0 Å². The lowest BCUT2D eigenvalue weighted by Crippen LogP contribution is -2.44. The van der Waals surface area contributed by atoms with Crippen LogP contribution < -0.4 is 10.6 Å². The van der Waals surface area contributed by atoms with Crippen LogP contribution in [0.25, 0.3) is 0 Å². The van der Waals surface area contributed by atoms with Crippen molar-refractivity contribution in [2.24, 2.45) is 0 Å². The predicted molar refractivity (Wildman–Crippen MR) is 103 cm³/mol. The van der Waals surface area contributed by atoms with Crippen molar-refractivity contribution in [3.05, 3.63) is 66.0 Å². The normalized spacial score (nSPS) is 18.9. The van der Waals surface area contributed by atoms with E-state index in [4.69, 9.17) is 0 Å². The highest BCUT2D eigenvalue weighted by Gasteiger charge is 2.52. The number of imide groups is 1. The van der Waals surface area contributed by atoms with E-state index in [-0.39, 0.29) is 5.69 Å². The minimum Gasteiger partial charge on any atom is -0.324 e. The van der Waals surface area contributed by atoms with E-state index in [1.165, 1.54) is 24.3 Å². The van der Waals surface area contributed by atoms with E-state index in [9.17, 15) is 18.8 Å². The van der Waals surface area contributed by atoms with Crippen LogP contribution >= 0.6 is 0 Å². The summed E-state index contributed by atoms with van der Waals surface area (Å²) in [5.74, 6) is -1.52. The van der Waals surface area contributed by atoms with Crippen molar-refractivity contribution in [3.63, 3.8) is 0 Å². The molecule has 4 amide bonds. The van der Waals surface area contributed by atoms with E-state index in [2.05, 4.69) is 10.6 Å². The molecule has 1 unspecified atom stereocenters. The van der Waals surface area contributed by atoms with Crippen LogP contribution in [0.3, 0.4) is 0 Å². The number of carbonyl (C=O) groups excluding carboxylic acids is 3. The summed E-state index contributed by atoms with van der Waals surface area (Å²) in [7, 11) is 0. The topological polar surface area (TPSA) is 78.5 Å². The van der Waals surface area contributed by atoms with Crippen molar-refractivity contribution < 1.29 is 18.8 Å². The van der Waals surface area contributed by atoms with Crippen molar-refractivity contribution in [3.8, 4) is 0 Å². The van der Waals surface area contributed by atoms with Gasteiger partial charge >= 0.3 is 6.03 Å². The number of hydrogen-bond donors (Lipinski definition) is 2. The van der Waals surface area contributed by atoms with Gasteiger partial charge in [-0.1, -0.05) is 56.2 Å². The Bertz CT molecular complexity index is 887. The molecule has 1 heterocycles. The summed E-state index contributed by atoms with van der Waals surface area (Å²) < 4.78 is 13.3. The van der Waals surface area contributed by atoms with Crippen molar-refractivity contribution in [1.82, 2.24) is 10.2 Å². The number of amides is 4. The lowest BCUT2D eigenvalue weighted by atomic mass is 9.85. The van der Waals surface area contributed by atoms with Gasteiger partial charge in [0.1, 0.15) is 17.9 Å². The summed E-state index contributed by atoms with van der Waals surface area (Å²) in [6.07, 6.45) is 2.04. The van der Waals surface area contributed by atoms with E-state index in [1.54, 1.807) is 12.1 Å². The average molecular weight is 383 g/mol. The fourth-order valence-corrected chi connectivity index (χ4v) is 3.35. The molecule has 1 aliphatic heterocycles. The molecule has 2 N–H and O–H groups in total. The molecular formula is C21H22FN3O3. The molecule has 146 valence electrons. The zero-order valence-electron chi connectivity index (χ0n) is 15.6. The van der Waals surface area contributed by atoms with Gasteiger partial charge in [-0.15, -0.1) is 0 Å². The smallest absolute Gasteiger partial charge is 0.324 e. The first kappa shape index (κ1) is 19.5. The van der Waals surface area contributed by atoms with Gasteiger partial charge in [-0.2, -0.15) is 0 Å². The minimum absolute atomic E-state index is 0.261. The molecule has 6 nitrogen and oxygen atoms in total. The molecule has 0 aliphatic carbocycles. The van der Waals surface area contributed by atoms with Crippen LogP contribution in [0.2, 0.25) is 0 Å². The number of anilines is 1. The highest BCUT2D eigenvalue weighted by atomic mass is 19.1. The first-order valence-electron chi connectivity index (χ1n) is 9.21. The number of hydrogen-bond acceptors (Lipinski definition) is 3. The third-order valence-electron chi connectivity index (χ3n) is 4.76. The maximum absolute atomic E-state index is 13.3. The molecule has 7 heteroatoms. The van der Waals surface area contributed by atoms with Gasteiger partial charge in [-0.25, -0.2) is 9.18 Å². The zero-order chi connectivity index (χ0) is 20.1. The molecule has 3 rings (SSSR count). The van der Waals surface area contributed by atoms with Gasteiger partial charge < -0.3 is 10.6 Å². The molecule has 0 radical (unpaired) electrons. The molecule has 1 aliphatic rings. The third kappa shape index (κ3) is 3.88. The van der Waals surface area contributed by atoms with Crippen LogP contribution in [0.1, 0.15) is 31.7 Å². The van der Waals surface area contributed by atoms with Crippen molar-refractivity contribution in [2.75, 3.05) is 11.9 Å². The largest absolute Gasteiger partial charge is 0.325 e. The van der Waals surface area contributed by atoms with Crippen LogP contribution in [0.15, 0.2) is 54.6 Å². The molecule has 1 fully saturated rings.